The van der Waals surface area contributed by atoms with Gasteiger partial charge in [0, 0.05) is 28.4 Å². The summed E-state index contributed by atoms with van der Waals surface area (Å²) < 4.78 is 0. The topological polar surface area (TPSA) is 36.8 Å². The van der Waals surface area contributed by atoms with Crippen LogP contribution in [0.1, 0.15) is 42.3 Å². The van der Waals surface area contributed by atoms with Gasteiger partial charge in [-0.1, -0.05) is 153 Å². The summed E-state index contributed by atoms with van der Waals surface area (Å²) in [5, 5.41) is 3.71. The maximum absolute atomic E-state index is 5.38. The van der Waals surface area contributed by atoms with Gasteiger partial charge in [0.05, 0.1) is 0 Å². The van der Waals surface area contributed by atoms with Crippen LogP contribution in [-0.2, 0) is 5.41 Å². The Morgan fingerprint density at radius 2 is 1.14 bits per heavy atom. The fourth-order valence-corrected chi connectivity index (χ4v) is 7.79. The summed E-state index contributed by atoms with van der Waals surface area (Å²) in [4.78, 5) is 10.7. The van der Waals surface area contributed by atoms with Crippen molar-refractivity contribution >= 4 is 11.7 Å². The van der Waals surface area contributed by atoms with Crippen molar-refractivity contribution in [3.8, 4) is 33.4 Å². The van der Waals surface area contributed by atoms with Crippen LogP contribution < -0.4 is 5.32 Å². The maximum atomic E-state index is 5.38. The van der Waals surface area contributed by atoms with Crippen molar-refractivity contribution in [2.45, 2.75) is 25.4 Å². The van der Waals surface area contributed by atoms with Gasteiger partial charge in [-0.2, -0.15) is 0 Å². The first-order chi connectivity index (χ1) is 24.0. The van der Waals surface area contributed by atoms with Crippen LogP contribution in [0.3, 0.4) is 0 Å². The average molecular weight is 632 g/mol. The number of amidine groups is 2. The molecule has 1 aliphatic heterocycles. The van der Waals surface area contributed by atoms with Crippen molar-refractivity contribution in [3.05, 3.63) is 192 Å². The van der Waals surface area contributed by atoms with Crippen LogP contribution in [0.5, 0.6) is 0 Å². The van der Waals surface area contributed by atoms with Gasteiger partial charge >= 0.3 is 0 Å². The highest BCUT2D eigenvalue weighted by Gasteiger charge is 2.36. The van der Waals surface area contributed by atoms with E-state index in [0.29, 0.717) is 11.8 Å². The Kier molecular flexibility index (Phi) is 7.02. The molecule has 3 unspecified atom stereocenters. The average Bonchev–Trinajstić information content (AvgIpc) is 3.40. The van der Waals surface area contributed by atoms with Gasteiger partial charge in [0.15, 0.2) is 6.17 Å². The zero-order chi connectivity index (χ0) is 33.0. The molecule has 0 fully saturated rings. The Morgan fingerprint density at radius 1 is 0.531 bits per heavy atom. The Hall–Kier alpha value is -5.80. The maximum Gasteiger partial charge on any atom is 0.169 e. The summed E-state index contributed by atoms with van der Waals surface area (Å²) in [5.74, 6) is 2.35. The molecule has 5 aromatic rings. The van der Waals surface area contributed by atoms with Crippen molar-refractivity contribution in [1.82, 2.24) is 5.32 Å². The molecule has 3 nitrogen and oxygen atoms in total. The normalized spacial score (nSPS) is 21.1. The monoisotopic (exact) mass is 631 g/mol. The van der Waals surface area contributed by atoms with Crippen molar-refractivity contribution in [2.24, 2.45) is 21.8 Å². The van der Waals surface area contributed by atoms with Crippen LogP contribution in [0, 0.1) is 11.8 Å². The van der Waals surface area contributed by atoms with Crippen LogP contribution >= 0.6 is 0 Å². The summed E-state index contributed by atoms with van der Waals surface area (Å²) in [6.45, 7) is 4.64. The molecule has 3 atom stereocenters. The van der Waals surface area contributed by atoms with E-state index in [1.807, 2.05) is 0 Å². The predicted molar refractivity (Wildman–Crippen MR) is 204 cm³/mol. The molecular formula is C46H37N3. The number of hydrogen-bond donors (Lipinski definition) is 1. The highest BCUT2D eigenvalue weighted by Crippen LogP contribution is 2.49. The second-order valence-corrected chi connectivity index (χ2v) is 13.9. The third-order valence-corrected chi connectivity index (χ3v) is 10.4. The van der Waals surface area contributed by atoms with Crippen LogP contribution in [0.25, 0.3) is 33.4 Å². The van der Waals surface area contributed by atoms with E-state index in [-0.39, 0.29) is 5.41 Å². The van der Waals surface area contributed by atoms with Gasteiger partial charge < -0.3 is 5.32 Å². The first kappa shape index (κ1) is 29.3. The zero-order valence-corrected chi connectivity index (χ0v) is 27.7. The third-order valence-electron chi connectivity index (χ3n) is 10.4. The van der Waals surface area contributed by atoms with Crippen LogP contribution in [-0.4, -0.2) is 11.7 Å². The van der Waals surface area contributed by atoms with E-state index in [4.69, 9.17) is 9.98 Å². The van der Waals surface area contributed by atoms with Gasteiger partial charge in [-0.05, 0) is 74.3 Å². The number of nitrogens with one attached hydrogen (secondary N) is 1. The van der Waals surface area contributed by atoms with E-state index in [1.54, 1.807) is 0 Å². The van der Waals surface area contributed by atoms with Gasteiger partial charge in [0.25, 0.3) is 0 Å². The minimum atomic E-state index is -0.401. The summed E-state index contributed by atoms with van der Waals surface area (Å²) in [5.41, 5.74) is 13.1. The van der Waals surface area contributed by atoms with E-state index in [2.05, 4.69) is 183 Å². The van der Waals surface area contributed by atoms with Crippen LogP contribution in [0.15, 0.2) is 179 Å². The number of fused-ring (bicyclic) bond motifs is 4. The minimum Gasteiger partial charge on any atom is -0.324 e. The van der Waals surface area contributed by atoms with E-state index >= 15 is 0 Å². The molecule has 0 amide bonds. The molecule has 0 bridgehead atoms. The predicted octanol–water partition coefficient (Wildman–Crippen LogP) is 10.6. The van der Waals surface area contributed by atoms with E-state index in [9.17, 15) is 0 Å². The largest absolute Gasteiger partial charge is 0.324 e. The number of nitrogens with zero attached hydrogens (tertiary/aromatic N) is 2. The summed E-state index contributed by atoms with van der Waals surface area (Å²) in [6, 6.07) is 43.6. The Balaban J connectivity index is 1.19. The zero-order valence-electron chi connectivity index (χ0n) is 27.7. The molecule has 5 aromatic carbocycles. The fourth-order valence-electron chi connectivity index (χ4n) is 7.79. The first-order valence-corrected chi connectivity index (χ1v) is 17.2. The Labute approximate surface area is 288 Å². The van der Waals surface area contributed by atoms with E-state index in [0.717, 1.165) is 39.5 Å². The van der Waals surface area contributed by atoms with Gasteiger partial charge in [-0.15, -0.1) is 0 Å². The number of rotatable bonds is 5. The molecule has 3 heteroatoms. The standard InChI is InChI=1S/C46H37N3/c1-46(2)41-20-12-11-19-39(41)40-29-35(23-24-42(40)46)44-47-43(34-22-21-32-17-9-10-18-33(32)25-34)48-45(49-44)38-27-36(30-13-5-3-6-14-30)26-37(28-38)31-15-7-4-8-16-31/h3-29,32-33,44H,1-2H3,(H,47,48,49). The summed E-state index contributed by atoms with van der Waals surface area (Å²) in [7, 11) is 0. The molecule has 0 aromatic heterocycles. The van der Waals surface area contributed by atoms with Crippen molar-refractivity contribution in [3.63, 3.8) is 0 Å². The van der Waals surface area contributed by atoms with Crippen molar-refractivity contribution in [2.75, 3.05) is 0 Å². The van der Waals surface area contributed by atoms with Crippen LogP contribution in [0.4, 0.5) is 0 Å². The lowest BCUT2D eigenvalue weighted by molar-refractivity contribution is 0.656. The van der Waals surface area contributed by atoms with Gasteiger partial charge in [0.2, 0.25) is 0 Å². The molecule has 236 valence electrons. The molecular weight excluding hydrogens is 595 g/mol. The summed E-state index contributed by atoms with van der Waals surface area (Å²) >= 11 is 0. The number of aliphatic imine (C=N–C) groups is 2. The molecule has 49 heavy (non-hydrogen) atoms. The van der Waals surface area contributed by atoms with Gasteiger partial charge in [0.1, 0.15) is 11.7 Å². The highest BCUT2D eigenvalue weighted by molar-refractivity contribution is 6.17. The highest BCUT2D eigenvalue weighted by atomic mass is 15.2. The molecule has 0 spiro atoms. The van der Waals surface area contributed by atoms with Crippen molar-refractivity contribution in [1.29, 1.82) is 0 Å². The smallest absolute Gasteiger partial charge is 0.169 e. The fraction of sp³-hybridized carbons (Fsp3) is 0.130. The van der Waals surface area contributed by atoms with E-state index < -0.39 is 6.17 Å². The van der Waals surface area contributed by atoms with E-state index in [1.165, 1.54) is 33.4 Å². The molecule has 9 rings (SSSR count). The Bertz CT molecular complexity index is 2220. The Morgan fingerprint density at radius 3 is 1.88 bits per heavy atom. The minimum absolute atomic E-state index is 0.0522. The lowest BCUT2D eigenvalue weighted by Gasteiger charge is -2.27. The molecule has 1 N–H and O–H groups in total. The molecule has 1 heterocycles. The molecule has 0 saturated heterocycles. The second kappa shape index (κ2) is 11.7. The lowest BCUT2D eigenvalue weighted by atomic mass is 9.82. The second-order valence-electron chi connectivity index (χ2n) is 13.9. The number of allylic oxidation sites excluding steroid dienone is 6. The quantitative estimate of drug-likeness (QED) is 0.206. The number of benzene rings is 5. The first-order valence-electron chi connectivity index (χ1n) is 17.2. The SMILES string of the molecule is CC1(C)c2ccccc2-c2cc(C3N=C(C4=CC5C=CC=CC5C=C4)NC(c4cc(-c5ccccc5)cc(-c5ccccc5)c4)=N3)ccc21. The molecule has 0 radical (unpaired) electrons. The molecule has 3 aliphatic carbocycles. The third kappa shape index (κ3) is 5.23. The molecule has 0 saturated carbocycles. The van der Waals surface area contributed by atoms with Gasteiger partial charge in [-0.3, -0.25) is 0 Å². The summed E-state index contributed by atoms with van der Waals surface area (Å²) in [6.07, 6.45) is 15.3. The molecule has 4 aliphatic rings. The van der Waals surface area contributed by atoms with Crippen molar-refractivity contribution < 1.29 is 0 Å². The van der Waals surface area contributed by atoms with Gasteiger partial charge in [-0.25, -0.2) is 9.98 Å². The van der Waals surface area contributed by atoms with Crippen LogP contribution in [0.2, 0.25) is 0 Å². The number of hydrogen-bond acceptors (Lipinski definition) is 3. The lowest BCUT2D eigenvalue weighted by Crippen LogP contribution is -2.37.